The lowest BCUT2D eigenvalue weighted by molar-refractivity contribution is -0.385. The van der Waals surface area contributed by atoms with E-state index >= 15 is 0 Å². The van der Waals surface area contributed by atoms with Crippen molar-refractivity contribution in [2.45, 2.75) is 26.2 Å². The molecule has 0 saturated carbocycles. The second kappa shape index (κ2) is 4.80. The zero-order valence-corrected chi connectivity index (χ0v) is 11.4. The van der Waals surface area contributed by atoms with Gasteiger partial charge in [0.05, 0.1) is 16.7 Å². The molecular weight excluding hydrogens is 275 g/mol. The highest BCUT2D eigenvalue weighted by Gasteiger charge is 2.24. The van der Waals surface area contributed by atoms with Crippen molar-refractivity contribution in [1.82, 2.24) is 4.57 Å². The van der Waals surface area contributed by atoms with Gasteiger partial charge in [0.15, 0.2) is 5.78 Å². The molecule has 0 aliphatic heterocycles. The third kappa shape index (κ3) is 2.22. The third-order valence-electron chi connectivity index (χ3n) is 3.74. The number of benzene rings is 1. The number of Topliss-reactive ketones (excluding diaryl/α,β-unsaturated/α-hetero) is 1. The smallest absolute Gasteiger partial charge is 0.274 e. The molecule has 0 saturated heterocycles. The summed E-state index contributed by atoms with van der Waals surface area (Å²) in [5.74, 6) is -0.591. The van der Waals surface area contributed by atoms with E-state index in [4.69, 9.17) is 0 Å². The number of aromatic nitrogens is 1. The van der Waals surface area contributed by atoms with E-state index in [-0.39, 0.29) is 11.5 Å². The van der Waals surface area contributed by atoms with Gasteiger partial charge in [-0.15, -0.1) is 0 Å². The molecule has 6 heteroatoms. The average Bonchev–Trinajstić information content (AvgIpc) is 2.75. The molecule has 0 unspecified atom stereocenters. The Morgan fingerprint density at radius 2 is 2.00 bits per heavy atom. The Morgan fingerprint density at radius 1 is 1.24 bits per heavy atom. The molecule has 108 valence electrons. The number of rotatable bonds is 2. The van der Waals surface area contributed by atoms with E-state index < -0.39 is 10.7 Å². The maximum absolute atomic E-state index is 13.6. The minimum atomic E-state index is -0.664. The number of hydrogen-bond acceptors (Lipinski definition) is 3. The minimum absolute atomic E-state index is 0.0732. The highest BCUT2D eigenvalue weighted by Crippen LogP contribution is 2.29. The van der Waals surface area contributed by atoms with Gasteiger partial charge < -0.3 is 4.57 Å². The largest absolute Gasteiger partial charge is 0.317 e. The number of aryl methyl sites for hydroxylation is 1. The summed E-state index contributed by atoms with van der Waals surface area (Å²) >= 11 is 0. The Labute approximate surface area is 120 Å². The molecule has 3 rings (SSSR count). The normalized spacial score (nSPS) is 14.1. The first-order valence-corrected chi connectivity index (χ1v) is 6.67. The SMILES string of the molecule is Cc1cc2c(n1-c1cc(F)cc([N+](=O)[O-])c1)CCCC2=O. The molecule has 1 aliphatic carbocycles. The first kappa shape index (κ1) is 13.5. The second-order valence-electron chi connectivity index (χ2n) is 5.18. The lowest BCUT2D eigenvalue weighted by Crippen LogP contribution is -2.13. The molecular formula is C15H13FN2O3. The van der Waals surface area contributed by atoms with Crippen LogP contribution in [0.5, 0.6) is 0 Å². The van der Waals surface area contributed by atoms with Gasteiger partial charge in [0.25, 0.3) is 5.69 Å². The number of non-ortho nitro benzene ring substituents is 1. The molecule has 1 aromatic carbocycles. The van der Waals surface area contributed by atoms with Crippen LogP contribution in [0.1, 0.15) is 34.6 Å². The fourth-order valence-corrected chi connectivity index (χ4v) is 2.88. The number of ketones is 1. The van der Waals surface area contributed by atoms with Gasteiger partial charge in [0.2, 0.25) is 0 Å². The molecule has 0 radical (unpaired) electrons. The van der Waals surface area contributed by atoms with Crippen molar-refractivity contribution in [3.05, 3.63) is 57.1 Å². The summed E-state index contributed by atoms with van der Waals surface area (Å²) in [6.07, 6.45) is 1.96. The molecule has 1 aliphatic rings. The topological polar surface area (TPSA) is 65.1 Å². The fourth-order valence-electron chi connectivity index (χ4n) is 2.88. The van der Waals surface area contributed by atoms with Crippen LogP contribution in [-0.2, 0) is 6.42 Å². The van der Waals surface area contributed by atoms with Crippen LogP contribution < -0.4 is 0 Å². The number of carbonyl (C=O) groups excluding carboxylic acids is 1. The first-order valence-electron chi connectivity index (χ1n) is 6.67. The quantitative estimate of drug-likeness (QED) is 0.628. The summed E-state index contributed by atoms with van der Waals surface area (Å²) in [4.78, 5) is 22.2. The molecule has 5 nitrogen and oxygen atoms in total. The van der Waals surface area contributed by atoms with Crippen molar-refractivity contribution in [2.24, 2.45) is 0 Å². The van der Waals surface area contributed by atoms with E-state index in [0.717, 1.165) is 23.9 Å². The number of fused-ring (bicyclic) bond motifs is 1. The van der Waals surface area contributed by atoms with Gasteiger partial charge >= 0.3 is 0 Å². The molecule has 0 fully saturated rings. The van der Waals surface area contributed by atoms with Gasteiger partial charge in [-0.3, -0.25) is 14.9 Å². The van der Waals surface area contributed by atoms with Gasteiger partial charge in [-0.05, 0) is 31.9 Å². The Kier molecular flexibility index (Phi) is 3.08. The monoisotopic (exact) mass is 288 g/mol. The molecule has 0 bridgehead atoms. The summed E-state index contributed by atoms with van der Waals surface area (Å²) in [7, 11) is 0. The summed E-state index contributed by atoms with van der Waals surface area (Å²) in [5, 5.41) is 10.9. The lowest BCUT2D eigenvalue weighted by atomic mass is 9.96. The molecule has 0 atom stereocenters. The van der Waals surface area contributed by atoms with Crippen molar-refractivity contribution in [3.8, 4) is 5.69 Å². The molecule has 1 heterocycles. The number of nitrogens with zero attached hydrogens (tertiary/aromatic N) is 2. The van der Waals surface area contributed by atoms with Crippen LogP contribution >= 0.6 is 0 Å². The van der Waals surface area contributed by atoms with E-state index in [9.17, 15) is 19.3 Å². The van der Waals surface area contributed by atoms with Gasteiger partial charge in [-0.1, -0.05) is 0 Å². The van der Waals surface area contributed by atoms with Crippen LogP contribution in [-0.4, -0.2) is 15.3 Å². The molecule has 1 aromatic heterocycles. The predicted octanol–water partition coefficient (Wildman–Crippen LogP) is 3.35. The molecule has 21 heavy (non-hydrogen) atoms. The number of carbonyl (C=O) groups is 1. The van der Waals surface area contributed by atoms with E-state index in [1.807, 2.05) is 6.92 Å². The first-order chi connectivity index (χ1) is 9.97. The Hall–Kier alpha value is -2.50. The van der Waals surface area contributed by atoms with Crippen molar-refractivity contribution in [3.63, 3.8) is 0 Å². The number of hydrogen-bond donors (Lipinski definition) is 0. The maximum Gasteiger partial charge on any atom is 0.274 e. The van der Waals surface area contributed by atoms with Crippen molar-refractivity contribution < 1.29 is 14.1 Å². The van der Waals surface area contributed by atoms with E-state index in [1.54, 1.807) is 10.6 Å². The third-order valence-corrected chi connectivity index (χ3v) is 3.74. The Bertz CT molecular complexity index is 765. The van der Waals surface area contributed by atoms with Gasteiger partial charge in [0, 0.05) is 29.4 Å². The predicted molar refractivity (Wildman–Crippen MR) is 74.4 cm³/mol. The summed E-state index contributed by atoms with van der Waals surface area (Å²) in [6, 6.07) is 5.24. The molecule has 2 aromatic rings. The molecule has 0 spiro atoms. The van der Waals surface area contributed by atoms with Gasteiger partial charge in [-0.2, -0.15) is 0 Å². The Morgan fingerprint density at radius 3 is 2.71 bits per heavy atom. The van der Waals surface area contributed by atoms with Crippen LogP contribution in [0.3, 0.4) is 0 Å². The van der Waals surface area contributed by atoms with Crippen molar-refractivity contribution in [1.29, 1.82) is 0 Å². The lowest BCUT2D eigenvalue weighted by Gasteiger charge is -2.16. The Balaban J connectivity index is 2.22. The standard InChI is InChI=1S/C15H13FN2O3/c1-9-5-13-14(3-2-4-15(13)19)17(9)11-6-10(16)7-12(8-11)18(20)21/h5-8H,2-4H2,1H3. The van der Waals surface area contributed by atoms with Crippen molar-refractivity contribution >= 4 is 11.5 Å². The summed E-state index contributed by atoms with van der Waals surface area (Å²) in [6.45, 7) is 1.81. The van der Waals surface area contributed by atoms with Crippen LogP contribution in [0.2, 0.25) is 0 Å². The van der Waals surface area contributed by atoms with Crippen LogP contribution in [0.25, 0.3) is 5.69 Å². The second-order valence-corrected chi connectivity index (χ2v) is 5.18. The maximum atomic E-state index is 13.6. The van der Waals surface area contributed by atoms with Crippen LogP contribution in [0, 0.1) is 22.9 Å². The number of halogens is 1. The minimum Gasteiger partial charge on any atom is -0.317 e. The zero-order chi connectivity index (χ0) is 15.1. The highest BCUT2D eigenvalue weighted by atomic mass is 19.1. The van der Waals surface area contributed by atoms with Gasteiger partial charge in [-0.25, -0.2) is 4.39 Å². The van der Waals surface area contributed by atoms with Crippen LogP contribution in [0.4, 0.5) is 10.1 Å². The van der Waals surface area contributed by atoms with Gasteiger partial charge in [0.1, 0.15) is 5.82 Å². The fraction of sp³-hybridized carbons (Fsp3) is 0.267. The van der Waals surface area contributed by atoms with E-state index in [1.165, 1.54) is 12.1 Å². The average molecular weight is 288 g/mol. The summed E-state index contributed by atoms with van der Waals surface area (Å²) in [5.41, 5.74) is 2.31. The number of nitro benzene ring substituents is 1. The number of nitro groups is 1. The highest BCUT2D eigenvalue weighted by molar-refractivity contribution is 5.98. The molecule has 0 N–H and O–H groups in total. The molecule has 0 amide bonds. The zero-order valence-electron chi connectivity index (χ0n) is 11.4. The summed E-state index contributed by atoms with van der Waals surface area (Å²) < 4.78 is 15.4. The van der Waals surface area contributed by atoms with E-state index in [0.29, 0.717) is 24.1 Å². The van der Waals surface area contributed by atoms with Crippen LogP contribution in [0.15, 0.2) is 24.3 Å². The van der Waals surface area contributed by atoms with Crippen molar-refractivity contribution in [2.75, 3.05) is 0 Å². The van der Waals surface area contributed by atoms with E-state index in [2.05, 4.69) is 0 Å².